The smallest absolute Gasteiger partial charge is 0.319 e. The first-order valence-electron chi connectivity index (χ1n) is 16.9. The second kappa shape index (κ2) is 11.1. The number of hydrogen-bond donors (Lipinski definition) is 2. The lowest BCUT2D eigenvalue weighted by Crippen LogP contribution is -2.51. The largest absolute Gasteiger partial charge is 0.508 e. The van der Waals surface area contributed by atoms with Gasteiger partial charge in [-0.1, -0.05) is 38.5 Å². The molecule has 0 aliphatic carbocycles. The summed E-state index contributed by atoms with van der Waals surface area (Å²) in [7, 11) is 0. The van der Waals surface area contributed by atoms with Gasteiger partial charge >= 0.3 is 6.01 Å². The van der Waals surface area contributed by atoms with Crippen LogP contribution in [0.15, 0.2) is 36.5 Å². The van der Waals surface area contributed by atoms with E-state index in [1.165, 1.54) is 6.42 Å². The average molecular weight is 611 g/mol. The molecule has 5 atom stereocenters. The number of rotatable bonds is 7. The molecule has 2 aromatic carbocycles. The van der Waals surface area contributed by atoms with Crippen LogP contribution in [0.3, 0.4) is 0 Å². The van der Waals surface area contributed by atoms with Crippen LogP contribution in [0.4, 0.5) is 10.2 Å². The fourth-order valence-corrected chi connectivity index (χ4v) is 9.08. The molecule has 8 nitrogen and oxygen atoms in total. The Labute approximate surface area is 264 Å². The number of aryl methyl sites for hydroxylation is 1. The van der Waals surface area contributed by atoms with Gasteiger partial charge in [-0.3, -0.25) is 9.88 Å². The molecule has 4 aliphatic heterocycles. The third-order valence-corrected chi connectivity index (χ3v) is 11.3. The third kappa shape index (κ3) is 4.73. The zero-order valence-electron chi connectivity index (χ0n) is 26.5. The van der Waals surface area contributed by atoms with Gasteiger partial charge in [0.05, 0.1) is 10.9 Å². The predicted molar refractivity (Wildman–Crippen MR) is 175 cm³/mol. The topological polar surface area (TPSA) is 86.6 Å². The summed E-state index contributed by atoms with van der Waals surface area (Å²) in [6, 6.07) is 10.8. The van der Waals surface area contributed by atoms with E-state index in [1.54, 1.807) is 18.3 Å². The van der Waals surface area contributed by atoms with E-state index in [-0.39, 0.29) is 28.5 Å². The monoisotopic (exact) mass is 610 g/mol. The first-order valence-corrected chi connectivity index (χ1v) is 16.9. The minimum Gasteiger partial charge on any atom is -0.508 e. The van der Waals surface area contributed by atoms with Crippen molar-refractivity contribution in [3.05, 3.63) is 47.9 Å². The van der Waals surface area contributed by atoms with E-state index in [9.17, 15) is 5.11 Å². The van der Waals surface area contributed by atoms with E-state index in [0.717, 1.165) is 74.5 Å². The van der Waals surface area contributed by atoms with Gasteiger partial charge in [0.25, 0.3) is 0 Å². The molecule has 6 heterocycles. The molecule has 2 aromatic heterocycles. The zero-order chi connectivity index (χ0) is 30.9. The number of phenolic OH excluding ortho intramolecular Hbond substituents is 1. The second-order valence-electron chi connectivity index (χ2n) is 13.8. The van der Waals surface area contributed by atoms with E-state index in [4.69, 9.17) is 19.7 Å². The highest BCUT2D eigenvalue weighted by Gasteiger charge is 2.52. The minimum atomic E-state index is -0.516. The number of fused-ring (bicyclic) bond motifs is 5. The summed E-state index contributed by atoms with van der Waals surface area (Å²) in [6.07, 6.45) is 9.28. The van der Waals surface area contributed by atoms with Gasteiger partial charge in [0.15, 0.2) is 5.82 Å². The van der Waals surface area contributed by atoms with Crippen molar-refractivity contribution in [2.45, 2.75) is 89.4 Å². The predicted octanol–water partition coefficient (Wildman–Crippen LogP) is 6.22. The maximum atomic E-state index is 16.9. The van der Waals surface area contributed by atoms with Crippen LogP contribution in [0, 0.1) is 11.7 Å². The average Bonchev–Trinajstić information content (AvgIpc) is 3.70. The van der Waals surface area contributed by atoms with Crippen molar-refractivity contribution in [1.29, 1.82) is 0 Å². The highest BCUT2D eigenvalue weighted by Crippen LogP contribution is 2.47. The number of nitrogens with one attached hydrogen (secondary N) is 1. The van der Waals surface area contributed by atoms with Crippen molar-refractivity contribution >= 4 is 27.5 Å². The van der Waals surface area contributed by atoms with E-state index in [1.807, 2.05) is 18.2 Å². The van der Waals surface area contributed by atoms with Crippen LogP contribution in [0.5, 0.6) is 11.8 Å². The lowest BCUT2D eigenvalue weighted by Gasteiger charge is -2.35. The summed E-state index contributed by atoms with van der Waals surface area (Å²) < 4.78 is 23.5. The Morgan fingerprint density at radius 2 is 1.96 bits per heavy atom. The minimum absolute atomic E-state index is 0.0221. The van der Waals surface area contributed by atoms with Crippen molar-refractivity contribution in [3.8, 4) is 23.0 Å². The third-order valence-electron chi connectivity index (χ3n) is 11.3. The van der Waals surface area contributed by atoms with Gasteiger partial charge < -0.3 is 20.1 Å². The lowest BCUT2D eigenvalue weighted by molar-refractivity contribution is 0.0883. The molecule has 4 saturated heterocycles. The Morgan fingerprint density at radius 3 is 2.73 bits per heavy atom. The summed E-state index contributed by atoms with van der Waals surface area (Å²) in [5, 5.41) is 16.7. The number of anilines is 1. The van der Waals surface area contributed by atoms with E-state index in [0.29, 0.717) is 47.4 Å². The number of aromatic nitrogens is 3. The standard InChI is InChI=1S/C36H43FN6O2/c1-4-22-8-6-9-24-14-27(44)15-28(30(22)24)32-31(37)33-29(17-38-32)34(42-18-25-10-11-26(19-42)39-25)41-35(40-33)45-20-36-12-7-13-43(36)21(3)23(5-2)16-36/h6,8-9,14-15,17,21,23,25-26,39,44H,4-5,7,10-13,16,18-20H2,1-3H3/t21-,23-,25?,26?,36-/m0/s1. The van der Waals surface area contributed by atoms with Gasteiger partial charge in [0.1, 0.15) is 29.4 Å². The molecule has 4 fully saturated rings. The molecule has 236 valence electrons. The first kappa shape index (κ1) is 28.9. The summed E-state index contributed by atoms with van der Waals surface area (Å²) in [5.74, 6) is 0.897. The van der Waals surface area contributed by atoms with Crippen LogP contribution >= 0.6 is 0 Å². The molecule has 0 amide bonds. The Hall–Kier alpha value is -3.56. The molecule has 2 bridgehead atoms. The summed E-state index contributed by atoms with van der Waals surface area (Å²) in [4.78, 5) is 19.4. The normalized spacial score (nSPS) is 28.0. The number of phenols is 1. The molecule has 0 saturated carbocycles. The van der Waals surface area contributed by atoms with Gasteiger partial charge in [-0.2, -0.15) is 9.97 Å². The van der Waals surface area contributed by atoms with E-state index >= 15 is 4.39 Å². The highest BCUT2D eigenvalue weighted by atomic mass is 19.1. The van der Waals surface area contributed by atoms with Crippen LogP contribution in [0.25, 0.3) is 32.9 Å². The van der Waals surface area contributed by atoms with E-state index < -0.39 is 5.82 Å². The summed E-state index contributed by atoms with van der Waals surface area (Å²) in [6.45, 7) is 9.91. The van der Waals surface area contributed by atoms with Crippen LogP contribution < -0.4 is 15.0 Å². The molecule has 45 heavy (non-hydrogen) atoms. The Bertz CT molecular complexity index is 1770. The molecular weight excluding hydrogens is 567 g/mol. The van der Waals surface area contributed by atoms with Gasteiger partial charge in [-0.05, 0) is 86.4 Å². The number of halogens is 1. The van der Waals surface area contributed by atoms with Gasteiger partial charge in [-0.15, -0.1) is 0 Å². The van der Waals surface area contributed by atoms with Gasteiger partial charge in [-0.25, -0.2) is 4.39 Å². The molecule has 0 spiro atoms. The number of aromatic hydroxyl groups is 1. The molecule has 2 N–H and O–H groups in total. The Kier molecular flexibility index (Phi) is 7.09. The van der Waals surface area contributed by atoms with E-state index in [2.05, 4.69) is 35.9 Å². The quantitative estimate of drug-likeness (QED) is 0.255. The fourth-order valence-electron chi connectivity index (χ4n) is 9.08. The number of pyridine rings is 1. The summed E-state index contributed by atoms with van der Waals surface area (Å²) in [5.41, 5.74) is 2.01. The van der Waals surface area contributed by atoms with Crippen molar-refractivity contribution < 1.29 is 14.2 Å². The van der Waals surface area contributed by atoms with Gasteiger partial charge in [0.2, 0.25) is 0 Å². The number of nitrogens with zero attached hydrogens (tertiary/aromatic N) is 5. The van der Waals surface area contributed by atoms with Crippen molar-refractivity contribution in [3.63, 3.8) is 0 Å². The Balaban J connectivity index is 1.25. The SMILES string of the molecule is CCc1cccc2cc(O)cc(-c3ncc4c(N5CC6CCC(C5)N6)nc(OC[C@@]56CCCN5[C@@H](C)[C@@H](CC)C6)nc4c3F)c12. The first-order chi connectivity index (χ1) is 21.9. The lowest BCUT2D eigenvalue weighted by atomic mass is 9.88. The van der Waals surface area contributed by atoms with Gasteiger partial charge in [0, 0.05) is 43.0 Å². The zero-order valence-corrected chi connectivity index (χ0v) is 26.5. The van der Waals surface area contributed by atoms with Crippen LogP contribution in [-0.4, -0.2) is 74.9 Å². The molecule has 4 aliphatic rings. The summed E-state index contributed by atoms with van der Waals surface area (Å²) >= 11 is 0. The van der Waals surface area contributed by atoms with Crippen molar-refractivity contribution in [2.75, 3.05) is 31.1 Å². The van der Waals surface area contributed by atoms with Crippen LogP contribution in [0.1, 0.15) is 64.9 Å². The molecule has 8 rings (SSSR count). The molecule has 9 heteroatoms. The highest BCUT2D eigenvalue weighted by molar-refractivity contribution is 6.01. The molecular formula is C36H43FN6O2. The van der Waals surface area contributed by atoms with Crippen LogP contribution in [0.2, 0.25) is 0 Å². The Morgan fingerprint density at radius 1 is 1.13 bits per heavy atom. The number of ether oxygens (including phenoxy) is 1. The maximum absolute atomic E-state index is 16.9. The fraction of sp³-hybridized carbons (Fsp3) is 0.528. The number of benzene rings is 2. The molecule has 4 aromatic rings. The van der Waals surface area contributed by atoms with Crippen molar-refractivity contribution in [1.82, 2.24) is 25.2 Å². The molecule has 0 radical (unpaired) electrons. The van der Waals surface area contributed by atoms with Crippen molar-refractivity contribution in [2.24, 2.45) is 5.92 Å². The van der Waals surface area contributed by atoms with Crippen LogP contribution in [-0.2, 0) is 6.42 Å². The second-order valence-corrected chi connectivity index (χ2v) is 13.8. The molecule has 2 unspecified atom stereocenters. The maximum Gasteiger partial charge on any atom is 0.319 e. The number of piperazine rings is 1. The number of hydrogen-bond acceptors (Lipinski definition) is 8.